The predicted octanol–water partition coefficient (Wildman–Crippen LogP) is 4.47. The lowest BCUT2D eigenvalue weighted by molar-refractivity contribution is -0.385. The number of hydrogen-bond acceptors (Lipinski definition) is 4. The van der Waals surface area contributed by atoms with Gasteiger partial charge in [0.2, 0.25) is 0 Å². The Bertz CT molecular complexity index is 627. The Morgan fingerprint density at radius 2 is 2.25 bits per heavy atom. The molecule has 0 fully saturated rings. The maximum absolute atomic E-state index is 10.9. The lowest BCUT2D eigenvalue weighted by Gasteiger charge is -2.13. The summed E-state index contributed by atoms with van der Waals surface area (Å²) in [6.45, 7) is 4.41. The first kappa shape index (κ1) is 15.0. The van der Waals surface area contributed by atoms with E-state index in [0.717, 1.165) is 15.5 Å². The van der Waals surface area contributed by atoms with Crippen LogP contribution >= 0.6 is 22.9 Å². The molecular formula is C14H15ClN2O2S. The van der Waals surface area contributed by atoms with Crippen LogP contribution in [-0.2, 0) is 6.54 Å². The fourth-order valence-corrected chi connectivity index (χ4v) is 2.98. The number of nitrogens with zero attached hydrogens (tertiary/aromatic N) is 1. The maximum atomic E-state index is 10.9. The average Bonchev–Trinajstić information content (AvgIpc) is 2.83. The average molecular weight is 311 g/mol. The first-order valence-corrected chi connectivity index (χ1v) is 7.45. The molecule has 0 radical (unpaired) electrons. The molecule has 0 saturated heterocycles. The molecule has 1 atom stereocenters. The molecule has 0 saturated carbocycles. The highest BCUT2D eigenvalue weighted by Gasteiger charge is 2.14. The van der Waals surface area contributed by atoms with Crippen LogP contribution in [-0.4, -0.2) is 4.92 Å². The topological polar surface area (TPSA) is 55.2 Å². The van der Waals surface area contributed by atoms with Crippen LogP contribution < -0.4 is 5.32 Å². The molecule has 0 aliphatic carbocycles. The van der Waals surface area contributed by atoms with Crippen LogP contribution in [0.2, 0.25) is 4.34 Å². The van der Waals surface area contributed by atoms with Crippen LogP contribution in [0, 0.1) is 17.0 Å². The molecule has 1 N–H and O–H groups in total. The molecule has 2 aromatic rings. The number of halogens is 1. The number of nitro groups is 1. The van der Waals surface area contributed by atoms with Crippen LogP contribution in [0.3, 0.4) is 0 Å². The summed E-state index contributed by atoms with van der Waals surface area (Å²) in [6, 6.07) is 7.24. The molecule has 6 heteroatoms. The third-order valence-corrected chi connectivity index (χ3v) is 4.41. The summed E-state index contributed by atoms with van der Waals surface area (Å²) in [4.78, 5) is 10.6. The van der Waals surface area contributed by atoms with Crippen molar-refractivity contribution in [3.63, 3.8) is 0 Å². The Morgan fingerprint density at radius 1 is 1.50 bits per heavy atom. The molecule has 1 heterocycles. The monoisotopic (exact) mass is 310 g/mol. The largest absolute Gasteiger partial charge is 0.306 e. The van der Waals surface area contributed by atoms with E-state index in [1.807, 2.05) is 24.4 Å². The second kappa shape index (κ2) is 6.35. The van der Waals surface area contributed by atoms with E-state index < -0.39 is 0 Å². The highest BCUT2D eigenvalue weighted by molar-refractivity contribution is 7.14. The number of rotatable bonds is 5. The Morgan fingerprint density at radius 3 is 2.85 bits per heavy atom. The van der Waals surface area contributed by atoms with Gasteiger partial charge >= 0.3 is 0 Å². The van der Waals surface area contributed by atoms with Gasteiger partial charge in [-0.25, -0.2) is 0 Å². The molecule has 1 aromatic heterocycles. The summed E-state index contributed by atoms with van der Waals surface area (Å²) >= 11 is 7.42. The van der Waals surface area contributed by atoms with E-state index in [1.54, 1.807) is 13.0 Å². The zero-order valence-corrected chi connectivity index (χ0v) is 12.8. The van der Waals surface area contributed by atoms with Gasteiger partial charge in [0.15, 0.2) is 0 Å². The van der Waals surface area contributed by atoms with E-state index in [0.29, 0.717) is 12.1 Å². The molecular weight excluding hydrogens is 296 g/mol. The van der Waals surface area contributed by atoms with Gasteiger partial charge in [-0.1, -0.05) is 23.7 Å². The first-order chi connectivity index (χ1) is 9.49. The predicted molar refractivity (Wildman–Crippen MR) is 82.4 cm³/mol. The van der Waals surface area contributed by atoms with Crippen LogP contribution in [0.1, 0.15) is 29.7 Å². The molecule has 4 nitrogen and oxygen atoms in total. The second-order valence-corrected chi connectivity index (χ2v) is 6.15. The van der Waals surface area contributed by atoms with Crippen molar-refractivity contribution in [2.75, 3.05) is 0 Å². The summed E-state index contributed by atoms with van der Waals surface area (Å²) in [7, 11) is 0. The van der Waals surface area contributed by atoms with Gasteiger partial charge in [0, 0.05) is 24.2 Å². The number of nitro benzene ring substituents is 1. The molecule has 106 valence electrons. The van der Waals surface area contributed by atoms with Gasteiger partial charge < -0.3 is 5.32 Å². The van der Waals surface area contributed by atoms with Crippen LogP contribution in [0.5, 0.6) is 0 Å². The highest BCUT2D eigenvalue weighted by Crippen LogP contribution is 2.26. The molecule has 2 rings (SSSR count). The molecule has 0 aliphatic heterocycles. The third kappa shape index (κ3) is 3.36. The Balaban J connectivity index is 2.08. The number of benzene rings is 1. The van der Waals surface area contributed by atoms with Gasteiger partial charge in [0.25, 0.3) is 5.69 Å². The van der Waals surface area contributed by atoms with Crippen molar-refractivity contribution in [3.8, 4) is 0 Å². The van der Waals surface area contributed by atoms with Gasteiger partial charge in [-0.2, -0.15) is 0 Å². The minimum Gasteiger partial charge on any atom is -0.306 e. The van der Waals surface area contributed by atoms with Crippen molar-refractivity contribution in [1.29, 1.82) is 0 Å². The standard InChI is InChI=1S/C14H15ClN2O2S/c1-9-11(4-3-5-13(9)17(18)19)7-16-10(2)12-6-14(15)20-8-12/h3-6,8,10,16H,7H2,1-2H3. The lowest BCUT2D eigenvalue weighted by Crippen LogP contribution is -2.18. The summed E-state index contributed by atoms with van der Waals surface area (Å²) in [5, 5.41) is 16.3. The van der Waals surface area contributed by atoms with Crippen molar-refractivity contribution in [2.45, 2.75) is 26.4 Å². The summed E-state index contributed by atoms with van der Waals surface area (Å²) < 4.78 is 0.764. The normalized spacial score (nSPS) is 12.3. The van der Waals surface area contributed by atoms with E-state index in [-0.39, 0.29) is 16.7 Å². The van der Waals surface area contributed by atoms with Gasteiger partial charge in [0.1, 0.15) is 0 Å². The Kier molecular flexibility index (Phi) is 4.75. The SMILES string of the molecule is Cc1c(CNC(C)c2csc(Cl)c2)cccc1[N+](=O)[O-]. The molecule has 20 heavy (non-hydrogen) atoms. The summed E-state index contributed by atoms with van der Waals surface area (Å²) in [5.74, 6) is 0. The molecule has 1 aromatic carbocycles. The Hall–Kier alpha value is -1.43. The van der Waals surface area contributed by atoms with Crippen LogP contribution in [0.25, 0.3) is 0 Å². The molecule has 0 amide bonds. The Labute approximate surface area is 126 Å². The van der Waals surface area contributed by atoms with Crippen molar-refractivity contribution < 1.29 is 4.92 Å². The van der Waals surface area contributed by atoms with E-state index in [9.17, 15) is 10.1 Å². The van der Waals surface area contributed by atoms with Gasteiger partial charge in [-0.05, 0) is 36.4 Å². The van der Waals surface area contributed by atoms with Crippen LogP contribution in [0.4, 0.5) is 5.69 Å². The first-order valence-electron chi connectivity index (χ1n) is 6.19. The molecule has 0 bridgehead atoms. The van der Waals surface area contributed by atoms with Crippen molar-refractivity contribution >= 4 is 28.6 Å². The van der Waals surface area contributed by atoms with Gasteiger partial charge in [-0.3, -0.25) is 10.1 Å². The summed E-state index contributed by atoms with van der Waals surface area (Å²) in [6.07, 6.45) is 0. The van der Waals surface area contributed by atoms with Crippen molar-refractivity contribution in [2.24, 2.45) is 0 Å². The lowest BCUT2D eigenvalue weighted by atomic mass is 10.1. The quantitative estimate of drug-likeness (QED) is 0.655. The fourth-order valence-electron chi connectivity index (χ4n) is 1.99. The molecule has 0 aliphatic rings. The number of thiophene rings is 1. The van der Waals surface area contributed by atoms with Gasteiger partial charge in [-0.15, -0.1) is 11.3 Å². The van der Waals surface area contributed by atoms with Crippen molar-refractivity contribution in [3.05, 3.63) is 60.8 Å². The molecule has 1 unspecified atom stereocenters. The van der Waals surface area contributed by atoms with E-state index in [2.05, 4.69) is 5.32 Å². The van der Waals surface area contributed by atoms with Crippen LogP contribution in [0.15, 0.2) is 29.6 Å². The second-order valence-electron chi connectivity index (χ2n) is 4.61. The third-order valence-electron chi connectivity index (χ3n) is 3.30. The smallest absolute Gasteiger partial charge is 0.272 e. The zero-order valence-electron chi connectivity index (χ0n) is 11.2. The minimum absolute atomic E-state index is 0.150. The highest BCUT2D eigenvalue weighted by atomic mass is 35.5. The zero-order chi connectivity index (χ0) is 14.7. The van der Waals surface area contributed by atoms with E-state index in [1.165, 1.54) is 17.4 Å². The molecule has 0 spiro atoms. The minimum atomic E-state index is -0.346. The fraction of sp³-hybridized carbons (Fsp3) is 0.286. The number of nitrogens with one attached hydrogen (secondary N) is 1. The van der Waals surface area contributed by atoms with E-state index >= 15 is 0 Å². The number of hydrogen-bond donors (Lipinski definition) is 1. The summed E-state index contributed by atoms with van der Waals surface area (Å²) in [5.41, 5.74) is 2.94. The maximum Gasteiger partial charge on any atom is 0.272 e. The van der Waals surface area contributed by atoms with Crippen molar-refractivity contribution in [1.82, 2.24) is 5.32 Å². The van der Waals surface area contributed by atoms with Gasteiger partial charge in [0.05, 0.1) is 9.26 Å². The van der Waals surface area contributed by atoms with E-state index in [4.69, 9.17) is 11.6 Å².